The van der Waals surface area contributed by atoms with E-state index in [1.165, 1.54) is 11.8 Å². The summed E-state index contributed by atoms with van der Waals surface area (Å²) in [5, 5.41) is 11.0. The number of hydrogen-bond acceptors (Lipinski definition) is 7. The molecule has 1 aliphatic heterocycles. The highest BCUT2D eigenvalue weighted by Crippen LogP contribution is 2.11. The standard InChI is InChI=1S/C16H23N5O4S/c1-25-8-7-18-11(22)9-26-16-20-13(17)12(15(24)21-16)19-14(23)10-5-3-2-4-6-10/h2-6,12-13,16,20H,7-9,17H2,1H3,(H,18,22)(H,19,23)(H,21,24). The molecular weight excluding hydrogens is 358 g/mol. The first kappa shape index (κ1) is 20.2. The van der Waals surface area contributed by atoms with E-state index in [-0.39, 0.29) is 17.6 Å². The quantitative estimate of drug-likeness (QED) is 0.348. The molecule has 1 heterocycles. The summed E-state index contributed by atoms with van der Waals surface area (Å²) >= 11 is 1.20. The Balaban J connectivity index is 1.80. The van der Waals surface area contributed by atoms with E-state index >= 15 is 0 Å². The van der Waals surface area contributed by atoms with Crippen molar-refractivity contribution in [2.24, 2.45) is 5.73 Å². The number of amides is 3. The van der Waals surface area contributed by atoms with Gasteiger partial charge in [0.15, 0.2) is 0 Å². The minimum Gasteiger partial charge on any atom is -0.383 e. The van der Waals surface area contributed by atoms with Crippen molar-refractivity contribution in [1.82, 2.24) is 21.3 Å². The zero-order chi connectivity index (χ0) is 18.9. The predicted molar refractivity (Wildman–Crippen MR) is 98.1 cm³/mol. The van der Waals surface area contributed by atoms with Crippen LogP contribution in [-0.4, -0.2) is 61.4 Å². The summed E-state index contributed by atoms with van der Waals surface area (Å²) in [6.45, 7) is 0.857. The van der Waals surface area contributed by atoms with Crippen molar-refractivity contribution in [3.8, 4) is 0 Å². The number of benzene rings is 1. The van der Waals surface area contributed by atoms with Gasteiger partial charge in [-0.15, -0.1) is 11.8 Å². The van der Waals surface area contributed by atoms with Gasteiger partial charge in [0.2, 0.25) is 11.8 Å². The third-order valence-electron chi connectivity index (χ3n) is 3.59. The van der Waals surface area contributed by atoms with Crippen molar-refractivity contribution in [3.63, 3.8) is 0 Å². The topological polar surface area (TPSA) is 135 Å². The highest BCUT2D eigenvalue weighted by atomic mass is 32.2. The van der Waals surface area contributed by atoms with Gasteiger partial charge in [0.1, 0.15) is 11.5 Å². The molecule has 3 amide bonds. The molecule has 0 bridgehead atoms. The Morgan fingerprint density at radius 2 is 2.04 bits per heavy atom. The Hall–Kier alpha value is -2.14. The van der Waals surface area contributed by atoms with Crippen LogP contribution in [-0.2, 0) is 14.3 Å². The summed E-state index contributed by atoms with van der Waals surface area (Å²) in [5.74, 6) is -0.810. The molecule has 142 valence electrons. The van der Waals surface area contributed by atoms with Gasteiger partial charge in [-0.1, -0.05) is 18.2 Å². The number of nitrogens with one attached hydrogen (secondary N) is 4. The third kappa shape index (κ3) is 5.99. The lowest BCUT2D eigenvalue weighted by atomic mass is 10.1. The zero-order valence-corrected chi connectivity index (χ0v) is 15.2. The summed E-state index contributed by atoms with van der Waals surface area (Å²) in [6.07, 6.45) is -0.773. The molecule has 0 aromatic heterocycles. The molecule has 1 aromatic rings. The Morgan fingerprint density at radius 3 is 2.69 bits per heavy atom. The molecule has 2 rings (SSSR count). The fourth-order valence-electron chi connectivity index (χ4n) is 2.26. The molecule has 26 heavy (non-hydrogen) atoms. The largest absolute Gasteiger partial charge is 0.383 e. The SMILES string of the molecule is COCCNC(=O)CSC1NC(=O)C(NC(=O)c2ccccc2)C(N)N1. The Morgan fingerprint density at radius 1 is 1.31 bits per heavy atom. The number of methoxy groups -OCH3 is 1. The van der Waals surface area contributed by atoms with Crippen LogP contribution in [0.3, 0.4) is 0 Å². The molecule has 1 aromatic carbocycles. The van der Waals surface area contributed by atoms with Crippen LogP contribution in [0.2, 0.25) is 0 Å². The third-order valence-corrected chi connectivity index (χ3v) is 4.61. The lowest BCUT2D eigenvalue weighted by Crippen LogP contribution is -2.70. The first-order valence-electron chi connectivity index (χ1n) is 8.06. The molecule has 1 fully saturated rings. The van der Waals surface area contributed by atoms with Crippen LogP contribution in [0, 0.1) is 0 Å². The number of rotatable bonds is 8. The highest BCUT2D eigenvalue weighted by Gasteiger charge is 2.35. The van der Waals surface area contributed by atoms with E-state index in [1.54, 1.807) is 37.4 Å². The monoisotopic (exact) mass is 381 g/mol. The molecule has 0 radical (unpaired) electrons. The molecule has 1 saturated heterocycles. The second kappa shape index (κ2) is 10.1. The molecule has 9 nitrogen and oxygen atoms in total. The van der Waals surface area contributed by atoms with Gasteiger partial charge in [0.25, 0.3) is 5.91 Å². The van der Waals surface area contributed by atoms with E-state index in [1.807, 2.05) is 0 Å². The molecule has 0 spiro atoms. The van der Waals surface area contributed by atoms with E-state index in [0.29, 0.717) is 18.7 Å². The van der Waals surface area contributed by atoms with Gasteiger partial charge in [0, 0.05) is 19.2 Å². The van der Waals surface area contributed by atoms with Gasteiger partial charge in [-0.2, -0.15) is 0 Å². The van der Waals surface area contributed by atoms with Crippen molar-refractivity contribution in [2.45, 2.75) is 17.7 Å². The minimum atomic E-state index is -0.907. The molecule has 0 aliphatic carbocycles. The van der Waals surface area contributed by atoms with Gasteiger partial charge >= 0.3 is 0 Å². The first-order chi connectivity index (χ1) is 12.5. The molecule has 10 heteroatoms. The number of hydrogen-bond donors (Lipinski definition) is 5. The maximum atomic E-state index is 12.3. The Kier molecular flexibility index (Phi) is 7.85. The van der Waals surface area contributed by atoms with E-state index < -0.39 is 23.6 Å². The van der Waals surface area contributed by atoms with Gasteiger partial charge in [-0.25, -0.2) is 0 Å². The molecule has 3 atom stereocenters. The van der Waals surface area contributed by atoms with Crippen molar-refractivity contribution >= 4 is 29.5 Å². The summed E-state index contributed by atoms with van der Waals surface area (Å²) < 4.78 is 4.85. The second-order valence-corrected chi connectivity index (χ2v) is 6.65. The summed E-state index contributed by atoms with van der Waals surface area (Å²) in [7, 11) is 1.55. The highest BCUT2D eigenvalue weighted by molar-refractivity contribution is 8.00. The van der Waals surface area contributed by atoms with Crippen LogP contribution in [0.1, 0.15) is 10.4 Å². The molecule has 1 aliphatic rings. The fraction of sp³-hybridized carbons (Fsp3) is 0.438. The van der Waals surface area contributed by atoms with Gasteiger partial charge in [-0.3, -0.25) is 19.7 Å². The first-order valence-corrected chi connectivity index (χ1v) is 9.11. The predicted octanol–water partition coefficient (Wildman–Crippen LogP) is -1.43. The van der Waals surface area contributed by atoms with Gasteiger partial charge in [0.05, 0.1) is 18.5 Å². The number of carbonyl (C=O) groups excluding carboxylic acids is 3. The second-order valence-electron chi connectivity index (χ2n) is 5.55. The number of carbonyl (C=O) groups is 3. The maximum absolute atomic E-state index is 12.3. The fourth-order valence-corrected chi connectivity index (χ4v) is 3.13. The minimum absolute atomic E-state index is 0.148. The van der Waals surface area contributed by atoms with E-state index in [2.05, 4.69) is 21.3 Å². The number of thioether (sulfide) groups is 1. The normalized spacial score (nSPS) is 22.4. The lowest BCUT2D eigenvalue weighted by molar-refractivity contribution is -0.126. The van der Waals surface area contributed by atoms with Crippen LogP contribution in [0.25, 0.3) is 0 Å². The summed E-state index contributed by atoms with van der Waals surface area (Å²) in [6, 6.07) is 7.66. The lowest BCUT2D eigenvalue weighted by Gasteiger charge is -2.35. The van der Waals surface area contributed by atoms with Crippen molar-refractivity contribution in [3.05, 3.63) is 35.9 Å². The zero-order valence-electron chi connectivity index (χ0n) is 14.4. The van der Waals surface area contributed by atoms with E-state index in [0.717, 1.165) is 0 Å². The molecule has 3 unspecified atom stereocenters. The number of ether oxygens (including phenoxy) is 1. The van der Waals surface area contributed by atoms with Gasteiger partial charge < -0.3 is 26.4 Å². The van der Waals surface area contributed by atoms with Crippen LogP contribution < -0.4 is 27.0 Å². The van der Waals surface area contributed by atoms with Crippen molar-refractivity contribution in [2.75, 3.05) is 26.0 Å². The van der Waals surface area contributed by atoms with Crippen LogP contribution in [0.4, 0.5) is 0 Å². The van der Waals surface area contributed by atoms with Crippen molar-refractivity contribution < 1.29 is 19.1 Å². The molecular formula is C16H23N5O4S. The Bertz CT molecular complexity index is 630. The number of nitrogens with two attached hydrogens (primary N) is 1. The molecule has 0 saturated carbocycles. The van der Waals surface area contributed by atoms with E-state index in [9.17, 15) is 14.4 Å². The smallest absolute Gasteiger partial charge is 0.252 e. The van der Waals surface area contributed by atoms with Crippen LogP contribution >= 0.6 is 11.8 Å². The summed E-state index contributed by atoms with van der Waals surface area (Å²) in [4.78, 5) is 36.1. The van der Waals surface area contributed by atoms with Crippen LogP contribution in [0.15, 0.2) is 30.3 Å². The van der Waals surface area contributed by atoms with Crippen molar-refractivity contribution in [1.29, 1.82) is 0 Å². The Labute approximate surface area is 155 Å². The summed E-state index contributed by atoms with van der Waals surface area (Å²) in [5.41, 5.74) is 5.90. The van der Waals surface area contributed by atoms with Gasteiger partial charge in [-0.05, 0) is 12.1 Å². The average molecular weight is 381 g/mol. The van der Waals surface area contributed by atoms with E-state index in [4.69, 9.17) is 10.5 Å². The average Bonchev–Trinajstić information content (AvgIpc) is 2.64. The molecule has 6 N–H and O–H groups in total. The van der Waals surface area contributed by atoms with Crippen LogP contribution in [0.5, 0.6) is 0 Å². The maximum Gasteiger partial charge on any atom is 0.252 e.